The summed E-state index contributed by atoms with van der Waals surface area (Å²) in [5, 5.41) is 0.717. The van der Waals surface area contributed by atoms with Crippen LogP contribution in [0.25, 0.3) is 0 Å². The first kappa shape index (κ1) is 21.0. The summed E-state index contributed by atoms with van der Waals surface area (Å²) < 4.78 is 39.3. The predicted molar refractivity (Wildman–Crippen MR) is 118 cm³/mol. The maximum absolute atomic E-state index is 14.7. The number of rotatable bonds is 7. The van der Waals surface area contributed by atoms with Gasteiger partial charge in [0.15, 0.2) is 11.0 Å². The molecule has 1 aliphatic rings. The molecule has 4 rings (SSSR count). The Hall–Kier alpha value is -2.23. The smallest absolute Gasteiger partial charge is 0.214 e. The van der Waals surface area contributed by atoms with Crippen LogP contribution in [0.15, 0.2) is 41.6 Å². The highest BCUT2D eigenvalue weighted by atomic mass is 35.5. The highest BCUT2D eigenvalue weighted by Gasteiger charge is 2.22. The Bertz CT molecular complexity index is 1080. The third kappa shape index (κ3) is 4.58. The maximum Gasteiger partial charge on any atom is 0.214 e. The minimum atomic E-state index is -1.82. The van der Waals surface area contributed by atoms with Crippen LogP contribution in [0.4, 0.5) is 15.2 Å². The zero-order valence-electron chi connectivity index (χ0n) is 16.4. The Labute approximate surface area is 185 Å². The number of aromatic nitrogens is 2. The highest BCUT2D eigenvalue weighted by Crippen LogP contribution is 2.34. The molecule has 6 nitrogen and oxygen atoms in total. The van der Waals surface area contributed by atoms with E-state index in [0.29, 0.717) is 22.3 Å². The fourth-order valence-corrected chi connectivity index (χ4v) is 5.08. The lowest BCUT2D eigenvalue weighted by Crippen LogP contribution is -2.20. The van der Waals surface area contributed by atoms with Crippen molar-refractivity contribution in [3.8, 4) is 5.75 Å². The second-order valence-electron chi connectivity index (χ2n) is 7.12. The SMILES string of the molecule is CC(C)Oc1ccc2c(c1)CCN2Cc1cc(F)c(S(=O)Nc2ncns2)cc1Cl. The van der Waals surface area contributed by atoms with E-state index >= 15 is 0 Å². The number of halogens is 2. The number of nitrogens with zero attached hydrogens (tertiary/aromatic N) is 3. The second kappa shape index (κ2) is 8.87. The van der Waals surface area contributed by atoms with Crippen molar-refractivity contribution < 1.29 is 13.3 Å². The van der Waals surface area contributed by atoms with E-state index in [4.69, 9.17) is 16.3 Å². The normalized spacial score (nSPS) is 14.1. The summed E-state index contributed by atoms with van der Waals surface area (Å²) in [5.41, 5.74) is 2.93. The van der Waals surface area contributed by atoms with Crippen LogP contribution < -0.4 is 14.4 Å². The molecule has 0 amide bonds. The van der Waals surface area contributed by atoms with Crippen LogP contribution >= 0.6 is 23.1 Å². The van der Waals surface area contributed by atoms with Crippen molar-refractivity contribution in [2.75, 3.05) is 16.2 Å². The molecule has 2 heterocycles. The third-order valence-corrected chi connectivity index (χ3v) is 6.77. The zero-order chi connectivity index (χ0) is 21.3. The Morgan fingerprint density at radius 1 is 1.37 bits per heavy atom. The van der Waals surface area contributed by atoms with Crippen LogP contribution in [-0.2, 0) is 24.0 Å². The summed E-state index contributed by atoms with van der Waals surface area (Å²) in [6.07, 6.45) is 2.34. The van der Waals surface area contributed by atoms with Crippen LogP contribution in [-0.4, -0.2) is 26.2 Å². The summed E-state index contributed by atoms with van der Waals surface area (Å²) in [5.74, 6) is 0.272. The van der Waals surface area contributed by atoms with Gasteiger partial charge in [-0.3, -0.25) is 4.72 Å². The molecule has 1 unspecified atom stereocenters. The molecule has 158 valence electrons. The second-order valence-corrected chi connectivity index (χ2v) is 9.49. The molecule has 1 aromatic heterocycles. The van der Waals surface area contributed by atoms with Crippen LogP contribution in [0.3, 0.4) is 0 Å². The van der Waals surface area contributed by atoms with E-state index in [0.717, 1.165) is 35.9 Å². The molecule has 0 bridgehead atoms. The topological polar surface area (TPSA) is 67.3 Å². The Morgan fingerprint density at radius 2 is 2.20 bits per heavy atom. The van der Waals surface area contributed by atoms with Crippen molar-refractivity contribution in [3.05, 3.63) is 58.6 Å². The lowest BCUT2D eigenvalue weighted by atomic mass is 10.1. The molecule has 2 aromatic carbocycles. The van der Waals surface area contributed by atoms with Crippen molar-refractivity contribution in [2.24, 2.45) is 0 Å². The molecule has 0 aliphatic carbocycles. The van der Waals surface area contributed by atoms with Gasteiger partial charge in [-0.2, -0.15) is 4.37 Å². The molecule has 3 aromatic rings. The summed E-state index contributed by atoms with van der Waals surface area (Å²) in [6, 6.07) is 8.80. The Kier molecular flexibility index (Phi) is 6.21. The van der Waals surface area contributed by atoms with Gasteiger partial charge in [-0.15, -0.1) is 0 Å². The Balaban J connectivity index is 1.51. The van der Waals surface area contributed by atoms with E-state index in [1.54, 1.807) is 0 Å². The van der Waals surface area contributed by atoms with Gasteiger partial charge in [0, 0.05) is 35.3 Å². The van der Waals surface area contributed by atoms with Crippen LogP contribution in [0, 0.1) is 5.82 Å². The van der Waals surface area contributed by atoms with Gasteiger partial charge in [0.05, 0.1) is 11.0 Å². The summed E-state index contributed by atoms with van der Waals surface area (Å²) >= 11 is 7.46. The summed E-state index contributed by atoms with van der Waals surface area (Å²) in [7, 11) is -1.82. The standard InChI is InChI=1S/C20H20ClFN4O2S2/c1-12(2)28-15-3-4-18-13(7-15)5-6-26(18)10-14-8-17(22)19(9-16(14)21)30(27)25-20-23-11-24-29-20/h3-4,7-9,11-12H,5-6,10H2,1-2H3,(H,23,24,25). The number of hydrogen-bond donors (Lipinski definition) is 1. The molecule has 0 saturated carbocycles. The van der Waals surface area contributed by atoms with Crippen molar-refractivity contribution in [3.63, 3.8) is 0 Å². The molecular formula is C20H20ClFN4O2S2. The Morgan fingerprint density at radius 3 is 2.93 bits per heavy atom. The number of hydrogen-bond acceptors (Lipinski definition) is 6. The van der Waals surface area contributed by atoms with Gasteiger partial charge in [-0.25, -0.2) is 13.6 Å². The zero-order valence-corrected chi connectivity index (χ0v) is 18.8. The number of fused-ring (bicyclic) bond motifs is 1. The fourth-order valence-electron chi connectivity index (χ4n) is 3.35. The molecular weight excluding hydrogens is 447 g/mol. The van der Waals surface area contributed by atoms with Crippen molar-refractivity contribution in [2.45, 2.75) is 37.8 Å². The van der Waals surface area contributed by atoms with Crippen molar-refractivity contribution >= 4 is 44.9 Å². The number of nitrogens with one attached hydrogen (secondary N) is 1. The van der Waals surface area contributed by atoms with Crippen LogP contribution in [0.2, 0.25) is 5.02 Å². The van der Waals surface area contributed by atoms with Gasteiger partial charge in [-0.05, 0) is 61.7 Å². The lowest BCUT2D eigenvalue weighted by molar-refractivity contribution is 0.242. The molecule has 30 heavy (non-hydrogen) atoms. The average Bonchev–Trinajstić information content (AvgIpc) is 3.33. The monoisotopic (exact) mass is 466 g/mol. The number of anilines is 2. The van der Waals surface area contributed by atoms with Gasteiger partial charge in [0.2, 0.25) is 5.13 Å². The van der Waals surface area contributed by atoms with E-state index in [9.17, 15) is 8.60 Å². The average molecular weight is 467 g/mol. The fraction of sp³-hybridized carbons (Fsp3) is 0.300. The first-order chi connectivity index (χ1) is 14.4. The lowest BCUT2D eigenvalue weighted by Gasteiger charge is -2.21. The number of ether oxygens (including phenoxy) is 1. The molecule has 0 saturated heterocycles. The molecule has 0 spiro atoms. The van der Waals surface area contributed by atoms with Crippen molar-refractivity contribution in [1.29, 1.82) is 0 Å². The molecule has 1 aliphatic heterocycles. The third-order valence-electron chi connectivity index (χ3n) is 4.62. The van der Waals surface area contributed by atoms with E-state index in [1.165, 1.54) is 24.0 Å². The van der Waals surface area contributed by atoms with E-state index < -0.39 is 16.8 Å². The molecule has 10 heteroatoms. The molecule has 1 atom stereocenters. The van der Waals surface area contributed by atoms with Crippen molar-refractivity contribution in [1.82, 2.24) is 9.36 Å². The van der Waals surface area contributed by atoms with E-state index in [-0.39, 0.29) is 11.0 Å². The first-order valence-electron chi connectivity index (χ1n) is 9.38. The minimum absolute atomic E-state index is 0.0174. The van der Waals surface area contributed by atoms with E-state index in [1.807, 2.05) is 26.0 Å². The van der Waals surface area contributed by atoms with Gasteiger partial charge < -0.3 is 9.64 Å². The maximum atomic E-state index is 14.7. The molecule has 0 radical (unpaired) electrons. The first-order valence-corrected chi connectivity index (χ1v) is 11.7. The predicted octanol–water partition coefficient (Wildman–Crippen LogP) is 4.82. The van der Waals surface area contributed by atoms with Gasteiger partial charge in [-0.1, -0.05) is 11.6 Å². The van der Waals surface area contributed by atoms with Gasteiger partial charge in [0.1, 0.15) is 17.9 Å². The minimum Gasteiger partial charge on any atom is -0.491 e. The quantitative estimate of drug-likeness (QED) is 0.541. The summed E-state index contributed by atoms with van der Waals surface area (Å²) in [4.78, 5) is 6.04. The highest BCUT2D eigenvalue weighted by molar-refractivity contribution is 7.86. The van der Waals surface area contributed by atoms with Crippen LogP contribution in [0.5, 0.6) is 5.75 Å². The van der Waals surface area contributed by atoms with Gasteiger partial charge in [0.25, 0.3) is 0 Å². The molecule has 0 fully saturated rings. The molecule has 1 N–H and O–H groups in total. The van der Waals surface area contributed by atoms with Gasteiger partial charge >= 0.3 is 0 Å². The number of benzene rings is 2. The van der Waals surface area contributed by atoms with E-state index in [2.05, 4.69) is 25.0 Å². The summed E-state index contributed by atoms with van der Waals surface area (Å²) in [6.45, 7) is 5.26. The largest absolute Gasteiger partial charge is 0.491 e. The van der Waals surface area contributed by atoms with Crippen LogP contribution in [0.1, 0.15) is 25.0 Å².